The summed E-state index contributed by atoms with van der Waals surface area (Å²) in [4.78, 5) is 2.12. The second kappa shape index (κ2) is 12.4. The third-order valence-corrected chi connectivity index (χ3v) is 5.70. The first-order chi connectivity index (χ1) is 17.5. The van der Waals surface area contributed by atoms with Gasteiger partial charge in [-0.25, -0.2) is 4.68 Å². The average molecular weight is 488 g/mol. The predicted molar refractivity (Wildman–Crippen MR) is 140 cm³/mol. The first kappa shape index (κ1) is 25.4. The molecule has 2 aromatic heterocycles. The number of rotatable bonds is 13. The molecule has 0 amide bonds. The minimum atomic E-state index is -0.682. The summed E-state index contributed by atoms with van der Waals surface area (Å²) in [6, 6.07) is 21.8. The first-order valence-corrected chi connectivity index (χ1v) is 12.0. The number of aliphatic hydroxyl groups is 1. The van der Waals surface area contributed by atoms with Crippen molar-refractivity contribution in [3.05, 3.63) is 103 Å². The quantitative estimate of drug-likeness (QED) is 0.203. The number of hydrogen-bond acceptors (Lipinski definition) is 6. The Hall–Kier alpha value is -3.65. The SMILES string of the molecule is C=CCOCC(O)CN(Cc1ccco1)Cc1c(-c2ccccc2)nn(C)c1Oc1cccc(C)c1. The molecule has 1 atom stereocenters. The zero-order chi connectivity index (χ0) is 25.3. The Kier molecular flexibility index (Phi) is 8.73. The third kappa shape index (κ3) is 6.73. The fourth-order valence-electron chi connectivity index (χ4n) is 4.11. The maximum Gasteiger partial charge on any atom is 0.222 e. The second-order valence-electron chi connectivity index (χ2n) is 8.77. The van der Waals surface area contributed by atoms with Crippen LogP contribution in [0.5, 0.6) is 11.6 Å². The van der Waals surface area contributed by atoms with E-state index >= 15 is 0 Å². The molecule has 0 aliphatic carbocycles. The molecule has 0 aliphatic rings. The first-order valence-electron chi connectivity index (χ1n) is 12.0. The zero-order valence-electron chi connectivity index (χ0n) is 20.8. The number of ether oxygens (including phenoxy) is 2. The van der Waals surface area contributed by atoms with Gasteiger partial charge in [0.15, 0.2) is 0 Å². The molecule has 0 spiro atoms. The van der Waals surface area contributed by atoms with E-state index < -0.39 is 6.10 Å². The van der Waals surface area contributed by atoms with Crippen LogP contribution in [0.2, 0.25) is 0 Å². The van der Waals surface area contributed by atoms with E-state index in [-0.39, 0.29) is 6.61 Å². The maximum absolute atomic E-state index is 10.7. The Morgan fingerprint density at radius 2 is 1.94 bits per heavy atom. The van der Waals surface area contributed by atoms with Gasteiger partial charge in [-0.1, -0.05) is 48.5 Å². The molecular weight excluding hydrogens is 454 g/mol. The summed E-state index contributed by atoms with van der Waals surface area (Å²) in [6.07, 6.45) is 2.64. The number of aliphatic hydroxyl groups excluding tert-OH is 1. The highest BCUT2D eigenvalue weighted by Gasteiger charge is 2.24. The van der Waals surface area contributed by atoms with Crippen molar-refractivity contribution in [3.8, 4) is 22.9 Å². The van der Waals surface area contributed by atoms with Crippen molar-refractivity contribution in [1.29, 1.82) is 0 Å². The van der Waals surface area contributed by atoms with Gasteiger partial charge in [0.1, 0.15) is 17.2 Å². The van der Waals surface area contributed by atoms with E-state index in [1.165, 1.54) is 0 Å². The van der Waals surface area contributed by atoms with E-state index in [4.69, 9.17) is 19.0 Å². The van der Waals surface area contributed by atoms with Crippen molar-refractivity contribution in [2.45, 2.75) is 26.1 Å². The number of aryl methyl sites for hydroxylation is 2. The Balaban J connectivity index is 1.68. The normalized spacial score (nSPS) is 12.1. The molecule has 0 bridgehead atoms. The van der Waals surface area contributed by atoms with E-state index in [0.717, 1.165) is 33.9 Å². The van der Waals surface area contributed by atoms with Crippen LogP contribution in [0, 0.1) is 6.92 Å². The van der Waals surface area contributed by atoms with Crippen LogP contribution >= 0.6 is 0 Å². The third-order valence-electron chi connectivity index (χ3n) is 5.70. The van der Waals surface area contributed by atoms with Gasteiger partial charge in [-0.3, -0.25) is 4.90 Å². The zero-order valence-corrected chi connectivity index (χ0v) is 20.8. The van der Waals surface area contributed by atoms with Gasteiger partial charge in [0.05, 0.1) is 37.7 Å². The van der Waals surface area contributed by atoms with Crippen LogP contribution in [0.1, 0.15) is 16.9 Å². The molecule has 4 rings (SSSR count). The van der Waals surface area contributed by atoms with Crippen molar-refractivity contribution in [2.75, 3.05) is 19.8 Å². The summed E-state index contributed by atoms with van der Waals surface area (Å²) in [5, 5.41) is 15.5. The van der Waals surface area contributed by atoms with Gasteiger partial charge in [0, 0.05) is 25.7 Å². The van der Waals surface area contributed by atoms with Crippen LogP contribution in [0.15, 0.2) is 90.1 Å². The number of aromatic nitrogens is 2. The Labute approximate surface area is 212 Å². The highest BCUT2D eigenvalue weighted by molar-refractivity contribution is 5.65. The topological polar surface area (TPSA) is 72.9 Å². The van der Waals surface area contributed by atoms with Gasteiger partial charge in [-0.2, -0.15) is 5.10 Å². The predicted octanol–water partition coefficient (Wildman–Crippen LogP) is 5.35. The van der Waals surface area contributed by atoms with Gasteiger partial charge in [-0.15, -0.1) is 6.58 Å². The van der Waals surface area contributed by atoms with E-state index in [1.54, 1.807) is 17.0 Å². The maximum atomic E-state index is 10.7. The van der Waals surface area contributed by atoms with Gasteiger partial charge in [0.25, 0.3) is 0 Å². The van der Waals surface area contributed by atoms with Gasteiger partial charge < -0.3 is 19.0 Å². The lowest BCUT2D eigenvalue weighted by atomic mass is 10.1. The lowest BCUT2D eigenvalue weighted by Gasteiger charge is -2.25. The average Bonchev–Trinajstić information content (AvgIpc) is 3.48. The van der Waals surface area contributed by atoms with Crippen LogP contribution in [-0.2, 0) is 24.9 Å². The monoisotopic (exact) mass is 487 g/mol. The summed E-state index contributed by atoms with van der Waals surface area (Å²) in [5.74, 6) is 2.20. The summed E-state index contributed by atoms with van der Waals surface area (Å²) >= 11 is 0. The van der Waals surface area contributed by atoms with E-state index in [1.807, 2.05) is 80.7 Å². The second-order valence-corrected chi connectivity index (χ2v) is 8.77. The summed E-state index contributed by atoms with van der Waals surface area (Å²) in [7, 11) is 1.88. The van der Waals surface area contributed by atoms with Gasteiger partial charge >= 0.3 is 0 Å². The molecule has 1 N–H and O–H groups in total. The molecular formula is C29H33N3O4. The Morgan fingerprint density at radius 3 is 2.67 bits per heavy atom. The molecule has 0 radical (unpaired) electrons. The standard InChI is InChI=1S/C29H33N3O4/c1-4-15-34-21-24(33)18-32(19-26-14-9-16-35-26)20-27-28(23-11-6-5-7-12-23)30-31(3)29(27)36-25-13-8-10-22(2)17-25/h4-14,16-17,24,33H,1,15,18-21H2,2-3H3. The number of hydrogen-bond donors (Lipinski definition) is 1. The molecule has 4 aromatic rings. The van der Waals surface area contributed by atoms with Crippen molar-refractivity contribution in [3.63, 3.8) is 0 Å². The Bertz CT molecular complexity index is 1230. The molecule has 0 aliphatic heterocycles. The molecule has 0 saturated heterocycles. The lowest BCUT2D eigenvalue weighted by molar-refractivity contribution is 0.0215. The number of benzene rings is 2. The van der Waals surface area contributed by atoms with Crippen LogP contribution in [0.25, 0.3) is 11.3 Å². The lowest BCUT2D eigenvalue weighted by Crippen LogP contribution is -2.34. The minimum absolute atomic E-state index is 0.214. The van der Waals surface area contributed by atoms with Gasteiger partial charge in [-0.05, 0) is 36.8 Å². The van der Waals surface area contributed by atoms with Crippen molar-refractivity contribution < 1.29 is 19.0 Å². The van der Waals surface area contributed by atoms with Crippen LogP contribution in [-0.4, -0.2) is 45.6 Å². The summed E-state index contributed by atoms with van der Waals surface area (Å²) in [5.41, 5.74) is 3.87. The molecule has 36 heavy (non-hydrogen) atoms. The van der Waals surface area contributed by atoms with Crippen molar-refractivity contribution >= 4 is 0 Å². The van der Waals surface area contributed by atoms with Crippen LogP contribution < -0.4 is 4.74 Å². The summed E-state index contributed by atoms with van der Waals surface area (Å²) < 4.78 is 19.3. The van der Waals surface area contributed by atoms with Crippen molar-refractivity contribution in [2.24, 2.45) is 7.05 Å². The fourth-order valence-corrected chi connectivity index (χ4v) is 4.11. The van der Waals surface area contributed by atoms with Crippen LogP contribution in [0.4, 0.5) is 0 Å². The fraction of sp³-hybridized carbons (Fsp3) is 0.276. The Morgan fingerprint density at radius 1 is 1.11 bits per heavy atom. The highest BCUT2D eigenvalue weighted by atomic mass is 16.5. The van der Waals surface area contributed by atoms with Crippen LogP contribution in [0.3, 0.4) is 0 Å². The molecule has 2 heterocycles. The molecule has 7 heteroatoms. The van der Waals surface area contributed by atoms with E-state index in [0.29, 0.717) is 32.1 Å². The number of furan rings is 1. The molecule has 1 unspecified atom stereocenters. The highest BCUT2D eigenvalue weighted by Crippen LogP contribution is 2.34. The smallest absolute Gasteiger partial charge is 0.222 e. The molecule has 2 aromatic carbocycles. The largest absolute Gasteiger partial charge is 0.468 e. The summed E-state index contributed by atoms with van der Waals surface area (Å²) in [6.45, 7) is 7.68. The molecule has 0 saturated carbocycles. The number of nitrogens with zero attached hydrogens (tertiary/aromatic N) is 3. The molecule has 188 valence electrons. The van der Waals surface area contributed by atoms with Crippen molar-refractivity contribution in [1.82, 2.24) is 14.7 Å². The van der Waals surface area contributed by atoms with E-state index in [2.05, 4.69) is 11.5 Å². The molecule has 0 fully saturated rings. The molecule has 7 nitrogen and oxygen atoms in total. The minimum Gasteiger partial charge on any atom is -0.468 e. The van der Waals surface area contributed by atoms with Gasteiger partial charge in [0.2, 0.25) is 5.88 Å². The van der Waals surface area contributed by atoms with E-state index in [9.17, 15) is 5.11 Å².